The maximum Gasteiger partial charge on any atom is 0.321 e. The number of likely N-dealkylation sites (N-methyl/N-ethyl adjacent to an activating group) is 2. The monoisotopic (exact) mass is 353 g/mol. The molecular formula is C21H27N3O2. The van der Waals surface area contributed by atoms with Gasteiger partial charge in [0.05, 0.1) is 0 Å². The highest BCUT2D eigenvalue weighted by molar-refractivity contribution is 5.74. The highest BCUT2D eigenvalue weighted by atomic mass is 16.4. The molecule has 5 heteroatoms. The zero-order valence-electron chi connectivity index (χ0n) is 15.5. The van der Waals surface area contributed by atoms with Crippen molar-refractivity contribution in [1.29, 1.82) is 0 Å². The van der Waals surface area contributed by atoms with E-state index in [0.717, 1.165) is 42.9 Å². The van der Waals surface area contributed by atoms with Crippen LogP contribution in [0.5, 0.6) is 0 Å². The van der Waals surface area contributed by atoms with Crippen LogP contribution in [-0.4, -0.2) is 62.3 Å². The topological polar surface area (TPSA) is 55.8 Å². The second-order valence-corrected chi connectivity index (χ2v) is 6.92. The van der Waals surface area contributed by atoms with E-state index < -0.39 is 12.0 Å². The Balaban J connectivity index is 1.73. The van der Waals surface area contributed by atoms with Gasteiger partial charge in [0.1, 0.15) is 6.04 Å². The second-order valence-electron chi connectivity index (χ2n) is 6.92. The Kier molecular flexibility index (Phi) is 5.91. The molecule has 0 spiro atoms. The van der Waals surface area contributed by atoms with Crippen LogP contribution in [0.1, 0.15) is 5.56 Å². The van der Waals surface area contributed by atoms with Crippen LogP contribution in [0, 0.1) is 0 Å². The lowest BCUT2D eigenvalue weighted by Gasteiger charge is -2.34. The minimum absolute atomic E-state index is 0.471. The van der Waals surface area contributed by atoms with Gasteiger partial charge in [-0.15, -0.1) is 0 Å². The highest BCUT2D eigenvalue weighted by Crippen LogP contribution is 2.25. The molecule has 1 heterocycles. The molecule has 1 aliphatic rings. The van der Waals surface area contributed by atoms with Crippen molar-refractivity contribution < 1.29 is 9.90 Å². The third-order valence-electron chi connectivity index (χ3n) is 5.08. The largest absolute Gasteiger partial charge is 0.480 e. The van der Waals surface area contributed by atoms with Crippen molar-refractivity contribution in [3.8, 4) is 11.1 Å². The summed E-state index contributed by atoms with van der Waals surface area (Å²) in [7, 11) is 3.84. The first-order chi connectivity index (χ1) is 12.6. The van der Waals surface area contributed by atoms with Gasteiger partial charge in [0.15, 0.2) is 0 Å². The number of aliphatic carboxylic acids is 1. The quantitative estimate of drug-likeness (QED) is 0.835. The summed E-state index contributed by atoms with van der Waals surface area (Å²) in [5, 5.41) is 12.1. The van der Waals surface area contributed by atoms with E-state index in [9.17, 15) is 9.90 Å². The molecule has 0 aromatic heterocycles. The smallest absolute Gasteiger partial charge is 0.321 e. The Morgan fingerprint density at radius 2 is 1.77 bits per heavy atom. The van der Waals surface area contributed by atoms with Gasteiger partial charge in [0.2, 0.25) is 0 Å². The number of hydrogen-bond donors (Lipinski definition) is 2. The van der Waals surface area contributed by atoms with Crippen LogP contribution in [0.2, 0.25) is 0 Å². The maximum atomic E-state index is 11.2. The van der Waals surface area contributed by atoms with E-state index in [1.807, 2.05) is 12.1 Å². The van der Waals surface area contributed by atoms with Crippen LogP contribution >= 0.6 is 0 Å². The molecule has 2 N–H and O–H groups in total. The number of carboxylic acid groups (broad SMARTS) is 1. The molecule has 2 aromatic carbocycles. The van der Waals surface area contributed by atoms with Gasteiger partial charge in [-0.3, -0.25) is 4.79 Å². The molecule has 3 rings (SSSR count). The van der Waals surface area contributed by atoms with Crippen LogP contribution in [0.4, 0.5) is 5.69 Å². The summed E-state index contributed by atoms with van der Waals surface area (Å²) < 4.78 is 0. The van der Waals surface area contributed by atoms with Crippen LogP contribution in [0.3, 0.4) is 0 Å². The van der Waals surface area contributed by atoms with Gasteiger partial charge in [-0.25, -0.2) is 0 Å². The lowest BCUT2D eigenvalue weighted by atomic mass is 9.99. The lowest BCUT2D eigenvalue weighted by molar-refractivity contribution is -0.139. The van der Waals surface area contributed by atoms with E-state index >= 15 is 0 Å². The fraction of sp³-hybridized carbons (Fsp3) is 0.381. The number of hydrogen-bond acceptors (Lipinski definition) is 4. The van der Waals surface area contributed by atoms with Crippen molar-refractivity contribution in [3.63, 3.8) is 0 Å². The third kappa shape index (κ3) is 4.42. The van der Waals surface area contributed by atoms with E-state index in [4.69, 9.17) is 0 Å². The average molecular weight is 353 g/mol. The van der Waals surface area contributed by atoms with E-state index in [-0.39, 0.29) is 0 Å². The van der Waals surface area contributed by atoms with Gasteiger partial charge in [-0.05, 0) is 49.3 Å². The fourth-order valence-electron chi connectivity index (χ4n) is 3.36. The normalized spacial score (nSPS) is 16.5. The van der Waals surface area contributed by atoms with Crippen molar-refractivity contribution in [1.82, 2.24) is 10.2 Å². The first kappa shape index (κ1) is 18.4. The predicted octanol–water partition coefficient (Wildman–Crippen LogP) is 2.32. The Morgan fingerprint density at radius 3 is 2.38 bits per heavy atom. The summed E-state index contributed by atoms with van der Waals surface area (Å²) in [5.74, 6) is -0.825. The molecule has 0 unspecified atom stereocenters. The Hall–Kier alpha value is -2.37. The maximum absolute atomic E-state index is 11.2. The molecule has 0 radical (unpaired) electrons. The van der Waals surface area contributed by atoms with Gasteiger partial charge in [-0.1, -0.05) is 36.4 Å². The first-order valence-corrected chi connectivity index (χ1v) is 9.10. The number of nitrogens with one attached hydrogen (secondary N) is 1. The number of anilines is 1. The molecule has 0 aliphatic carbocycles. The summed E-state index contributed by atoms with van der Waals surface area (Å²) in [4.78, 5) is 16.0. The van der Waals surface area contributed by atoms with Gasteiger partial charge < -0.3 is 20.2 Å². The second kappa shape index (κ2) is 8.34. The minimum Gasteiger partial charge on any atom is -0.480 e. The predicted molar refractivity (Wildman–Crippen MR) is 106 cm³/mol. The molecule has 0 saturated carbocycles. The van der Waals surface area contributed by atoms with Crippen molar-refractivity contribution in [3.05, 3.63) is 54.1 Å². The molecule has 0 amide bonds. The number of nitrogens with zero attached hydrogens (tertiary/aromatic N) is 2. The molecule has 1 aliphatic heterocycles. The number of piperazine rings is 1. The standard InChI is InChI=1S/C21H27N3O2/c1-22-20(21(25)26)15-16-4-3-5-18(14-16)17-6-8-19(9-7-17)24-12-10-23(2)11-13-24/h3-9,14,20,22H,10-13,15H2,1-2H3,(H,25,26)/t20-/m0/s1. The molecule has 1 atom stereocenters. The van der Waals surface area contributed by atoms with Crippen LogP contribution in [-0.2, 0) is 11.2 Å². The summed E-state index contributed by atoms with van der Waals surface area (Å²) >= 11 is 0. The molecule has 138 valence electrons. The average Bonchev–Trinajstić information content (AvgIpc) is 2.67. The van der Waals surface area contributed by atoms with Gasteiger partial charge >= 0.3 is 5.97 Å². The zero-order valence-corrected chi connectivity index (χ0v) is 15.5. The number of carboxylic acids is 1. The number of rotatable bonds is 6. The molecule has 26 heavy (non-hydrogen) atoms. The van der Waals surface area contributed by atoms with Gasteiger partial charge in [0, 0.05) is 31.9 Å². The van der Waals surface area contributed by atoms with Crippen LogP contribution in [0.15, 0.2) is 48.5 Å². The highest BCUT2D eigenvalue weighted by Gasteiger charge is 2.16. The third-order valence-corrected chi connectivity index (χ3v) is 5.08. The summed E-state index contributed by atoms with van der Waals surface area (Å²) in [6.07, 6.45) is 0.471. The van der Waals surface area contributed by atoms with Crippen LogP contribution < -0.4 is 10.2 Å². The fourth-order valence-corrected chi connectivity index (χ4v) is 3.36. The summed E-state index contributed by atoms with van der Waals surface area (Å²) in [5.41, 5.74) is 4.56. The molecular weight excluding hydrogens is 326 g/mol. The summed E-state index contributed by atoms with van der Waals surface area (Å²) in [6.45, 7) is 4.32. The van der Waals surface area contributed by atoms with E-state index in [1.54, 1.807) is 7.05 Å². The molecule has 2 aromatic rings. The van der Waals surface area contributed by atoms with Crippen molar-refractivity contribution >= 4 is 11.7 Å². The number of benzene rings is 2. The molecule has 1 saturated heterocycles. The molecule has 1 fully saturated rings. The lowest BCUT2D eigenvalue weighted by Crippen LogP contribution is -2.44. The van der Waals surface area contributed by atoms with Crippen molar-refractivity contribution in [2.75, 3.05) is 45.2 Å². The van der Waals surface area contributed by atoms with Crippen molar-refractivity contribution in [2.45, 2.75) is 12.5 Å². The molecule has 0 bridgehead atoms. The van der Waals surface area contributed by atoms with E-state index in [1.165, 1.54) is 5.69 Å². The minimum atomic E-state index is -0.825. The van der Waals surface area contributed by atoms with Gasteiger partial charge in [0.25, 0.3) is 0 Å². The molecule has 5 nitrogen and oxygen atoms in total. The SMILES string of the molecule is CN[C@@H](Cc1cccc(-c2ccc(N3CCN(C)CC3)cc2)c1)C(=O)O. The van der Waals surface area contributed by atoms with Gasteiger partial charge in [-0.2, -0.15) is 0 Å². The Bertz CT molecular complexity index is 737. The van der Waals surface area contributed by atoms with E-state index in [0.29, 0.717) is 6.42 Å². The van der Waals surface area contributed by atoms with E-state index in [2.05, 4.69) is 58.6 Å². The van der Waals surface area contributed by atoms with Crippen molar-refractivity contribution in [2.24, 2.45) is 0 Å². The Labute approximate surface area is 155 Å². The Morgan fingerprint density at radius 1 is 1.08 bits per heavy atom. The first-order valence-electron chi connectivity index (χ1n) is 9.10. The number of carbonyl (C=O) groups is 1. The van der Waals surface area contributed by atoms with Crippen LogP contribution in [0.25, 0.3) is 11.1 Å². The summed E-state index contributed by atoms with van der Waals surface area (Å²) in [6, 6.07) is 16.2. The zero-order chi connectivity index (χ0) is 18.5.